The Morgan fingerprint density at radius 3 is 2.88 bits per heavy atom. The number of ether oxygens (including phenoxy) is 1. The maximum Gasteiger partial charge on any atom is 0.0753 e. The molecule has 94 valence electrons. The molecule has 0 aromatic rings. The molecule has 0 bridgehead atoms. The van der Waals surface area contributed by atoms with Gasteiger partial charge in [0.1, 0.15) is 0 Å². The lowest BCUT2D eigenvalue weighted by Crippen LogP contribution is -2.50. The zero-order valence-corrected chi connectivity index (χ0v) is 11.0. The molecule has 0 spiro atoms. The fourth-order valence-electron chi connectivity index (χ4n) is 3.24. The van der Waals surface area contributed by atoms with Crippen molar-refractivity contribution in [3.63, 3.8) is 0 Å². The van der Waals surface area contributed by atoms with Crippen LogP contribution in [0.25, 0.3) is 0 Å². The molecular weight excluding hydrogens is 200 g/mol. The van der Waals surface area contributed by atoms with Crippen LogP contribution in [0.4, 0.5) is 0 Å². The van der Waals surface area contributed by atoms with Crippen LogP contribution in [-0.4, -0.2) is 49.8 Å². The SMILES string of the molecule is CNC1CCCC1CN1CCOC(C)(C)C1. The fourth-order valence-corrected chi connectivity index (χ4v) is 3.24. The van der Waals surface area contributed by atoms with Gasteiger partial charge in [0.15, 0.2) is 0 Å². The van der Waals surface area contributed by atoms with Gasteiger partial charge >= 0.3 is 0 Å². The highest BCUT2D eigenvalue weighted by molar-refractivity contribution is 4.87. The van der Waals surface area contributed by atoms with Crippen LogP contribution in [0.2, 0.25) is 0 Å². The lowest BCUT2D eigenvalue weighted by atomic mass is 10.0. The molecule has 2 aliphatic rings. The fraction of sp³-hybridized carbons (Fsp3) is 1.00. The highest BCUT2D eigenvalue weighted by Crippen LogP contribution is 2.27. The zero-order valence-electron chi connectivity index (χ0n) is 11.0. The first-order valence-corrected chi connectivity index (χ1v) is 6.64. The summed E-state index contributed by atoms with van der Waals surface area (Å²) in [5.74, 6) is 0.846. The molecule has 1 saturated carbocycles. The third kappa shape index (κ3) is 2.96. The topological polar surface area (TPSA) is 24.5 Å². The van der Waals surface area contributed by atoms with Crippen LogP contribution in [0.15, 0.2) is 0 Å². The number of hydrogen-bond acceptors (Lipinski definition) is 3. The standard InChI is InChI=1S/C13H26N2O/c1-13(2)10-15(7-8-16-13)9-11-5-4-6-12(11)14-3/h11-12,14H,4-10H2,1-3H3. The van der Waals surface area contributed by atoms with Crippen molar-refractivity contribution in [2.24, 2.45) is 5.92 Å². The summed E-state index contributed by atoms with van der Waals surface area (Å²) in [6.45, 7) is 8.73. The van der Waals surface area contributed by atoms with Gasteiger partial charge in [0, 0.05) is 25.7 Å². The van der Waals surface area contributed by atoms with Crippen LogP contribution in [0, 0.1) is 5.92 Å². The van der Waals surface area contributed by atoms with Crippen molar-refractivity contribution < 1.29 is 4.74 Å². The lowest BCUT2D eigenvalue weighted by molar-refractivity contribution is -0.0893. The van der Waals surface area contributed by atoms with E-state index in [1.807, 2.05) is 0 Å². The molecule has 0 aromatic heterocycles. The summed E-state index contributed by atoms with van der Waals surface area (Å²) in [6, 6.07) is 0.742. The molecule has 1 saturated heterocycles. The molecular formula is C13H26N2O. The van der Waals surface area contributed by atoms with E-state index in [1.54, 1.807) is 0 Å². The Kier molecular flexibility index (Phi) is 3.88. The van der Waals surface area contributed by atoms with E-state index in [2.05, 4.69) is 31.1 Å². The van der Waals surface area contributed by atoms with Crippen molar-refractivity contribution in [2.45, 2.75) is 44.8 Å². The predicted octanol–water partition coefficient (Wildman–Crippen LogP) is 1.49. The number of rotatable bonds is 3. The lowest BCUT2D eigenvalue weighted by Gasteiger charge is -2.39. The van der Waals surface area contributed by atoms with Crippen LogP contribution in [-0.2, 0) is 4.74 Å². The molecule has 2 rings (SSSR count). The largest absolute Gasteiger partial charge is 0.373 e. The van der Waals surface area contributed by atoms with E-state index in [4.69, 9.17) is 4.74 Å². The smallest absolute Gasteiger partial charge is 0.0753 e. The van der Waals surface area contributed by atoms with Crippen molar-refractivity contribution in [3.05, 3.63) is 0 Å². The molecule has 2 unspecified atom stereocenters. The predicted molar refractivity (Wildman–Crippen MR) is 66.7 cm³/mol. The molecule has 1 aliphatic heterocycles. The maximum absolute atomic E-state index is 5.76. The van der Waals surface area contributed by atoms with Gasteiger partial charge in [-0.3, -0.25) is 4.90 Å². The Bertz CT molecular complexity index is 230. The van der Waals surface area contributed by atoms with Crippen LogP contribution in [0.1, 0.15) is 33.1 Å². The Morgan fingerprint density at radius 1 is 1.38 bits per heavy atom. The van der Waals surface area contributed by atoms with Crippen molar-refractivity contribution in [2.75, 3.05) is 33.3 Å². The third-order valence-corrected chi connectivity index (χ3v) is 4.03. The van der Waals surface area contributed by atoms with Gasteiger partial charge in [-0.1, -0.05) is 6.42 Å². The third-order valence-electron chi connectivity index (χ3n) is 4.03. The summed E-state index contributed by atoms with van der Waals surface area (Å²) in [5, 5.41) is 3.47. The number of morpholine rings is 1. The van der Waals surface area contributed by atoms with Crippen LogP contribution >= 0.6 is 0 Å². The minimum Gasteiger partial charge on any atom is -0.373 e. The van der Waals surface area contributed by atoms with Crippen molar-refractivity contribution >= 4 is 0 Å². The summed E-state index contributed by atoms with van der Waals surface area (Å²) in [4.78, 5) is 2.59. The molecule has 1 heterocycles. The van der Waals surface area contributed by atoms with Gasteiger partial charge in [-0.25, -0.2) is 0 Å². The van der Waals surface area contributed by atoms with Crippen molar-refractivity contribution in [1.82, 2.24) is 10.2 Å². The highest BCUT2D eigenvalue weighted by atomic mass is 16.5. The molecule has 0 aromatic carbocycles. The van der Waals surface area contributed by atoms with Crippen molar-refractivity contribution in [1.29, 1.82) is 0 Å². The molecule has 0 radical (unpaired) electrons. The Morgan fingerprint density at radius 2 is 2.19 bits per heavy atom. The Balaban J connectivity index is 1.84. The van der Waals surface area contributed by atoms with E-state index in [-0.39, 0.29) is 5.60 Å². The first kappa shape index (κ1) is 12.3. The Hall–Kier alpha value is -0.120. The minimum absolute atomic E-state index is 0.0476. The molecule has 2 atom stereocenters. The van der Waals surface area contributed by atoms with E-state index in [1.165, 1.54) is 25.8 Å². The number of nitrogens with one attached hydrogen (secondary N) is 1. The normalized spacial score (nSPS) is 35.4. The summed E-state index contributed by atoms with van der Waals surface area (Å²) < 4.78 is 5.76. The van der Waals surface area contributed by atoms with Gasteiger partial charge in [-0.05, 0) is 39.7 Å². The van der Waals surface area contributed by atoms with E-state index in [0.29, 0.717) is 0 Å². The van der Waals surface area contributed by atoms with Gasteiger partial charge in [0.05, 0.1) is 12.2 Å². The number of nitrogens with zero attached hydrogens (tertiary/aromatic N) is 1. The first-order valence-electron chi connectivity index (χ1n) is 6.64. The van der Waals surface area contributed by atoms with Gasteiger partial charge in [0.2, 0.25) is 0 Å². The van der Waals surface area contributed by atoms with Gasteiger partial charge in [-0.2, -0.15) is 0 Å². The molecule has 0 amide bonds. The molecule has 2 fully saturated rings. The van der Waals surface area contributed by atoms with Gasteiger partial charge in [0.25, 0.3) is 0 Å². The second-order valence-electron chi connectivity index (χ2n) is 5.93. The van der Waals surface area contributed by atoms with Crippen molar-refractivity contribution in [3.8, 4) is 0 Å². The summed E-state index contributed by atoms with van der Waals surface area (Å²) in [7, 11) is 2.10. The Labute approximate surface area is 99.5 Å². The average Bonchev–Trinajstić information content (AvgIpc) is 2.63. The van der Waals surface area contributed by atoms with Crippen LogP contribution in [0.5, 0.6) is 0 Å². The quantitative estimate of drug-likeness (QED) is 0.789. The van der Waals surface area contributed by atoms with Crippen LogP contribution in [0.3, 0.4) is 0 Å². The minimum atomic E-state index is 0.0476. The second kappa shape index (κ2) is 5.03. The summed E-state index contributed by atoms with van der Waals surface area (Å²) in [6.07, 6.45) is 4.14. The van der Waals surface area contributed by atoms with E-state index >= 15 is 0 Å². The molecule has 3 heteroatoms. The maximum atomic E-state index is 5.76. The first-order chi connectivity index (χ1) is 7.61. The monoisotopic (exact) mass is 226 g/mol. The molecule has 1 aliphatic carbocycles. The van der Waals surface area contributed by atoms with E-state index in [0.717, 1.165) is 31.7 Å². The van der Waals surface area contributed by atoms with E-state index < -0.39 is 0 Å². The van der Waals surface area contributed by atoms with Gasteiger partial charge < -0.3 is 10.1 Å². The van der Waals surface area contributed by atoms with E-state index in [9.17, 15) is 0 Å². The average molecular weight is 226 g/mol. The number of hydrogen-bond donors (Lipinski definition) is 1. The van der Waals surface area contributed by atoms with Gasteiger partial charge in [-0.15, -0.1) is 0 Å². The van der Waals surface area contributed by atoms with Crippen LogP contribution < -0.4 is 5.32 Å². The molecule has 1 N–H and O–H groups in total. The highest BCUT2D eigenvalue weighted by Gasteiger charge is 2.32. The summed E-state index contributed by atoms with van der Waals surface area (Å²) in [5.41, 5.74) is 0.0476. The summed E-state index contributed by atoms with van der Waals surface area (Å²) >= 11 is 0. The molecule has 16 heavy (non-hydrogen) atoms. The molecule has 3 nitrogen and oxygen atoms in total. The second-order valence-corrected chi connectivity index (χ2v) is 5.93. The zero-order chi connectivity index (χ0) is 11.6.